The van der Waals surface area contributed by atoms with Gasteiger partial charge in [0.05, 0.1) is 12.5 Å². The highest BCUT2D eigenvalue weighted by Gasteiger charge is 2.75. The van der Waals surface area contributed by atoms with E-state index in [0.29, 0.717) is 38.8 Å². The van der Waals surface area contributed by atoms with Gasteiger partial charge in [-0.3, -0.25) is 14.4 Å². The first-order valence-corrected chi connectivity index (χ1v) is 14.4. The Kier molecular flexibility index (Phi) is 7.00. The molecule has 2 fully saturated rings. The molecule has 1 spiro atoms. The number of hydrogen-bond donors (Lipinski definition) is 1. The molecule has 210 valence electrons. The number of aliphatic hydroxyl groups is 1. The Morgan fingerprint density at radius 2 is 1.77 bits per heavy atom. The van der Waals surface area contributed by atoms with Crippen LogP contribution in [0.2, 0.25) is 0 Å². The number of aliphatic hydroxyl groups excluding tert-OH is 1. The van der Waals surface area contributed by atoms with Crippen LogP contribution in [0.5, 0.6) is 0 Å². The Bertz CT molecular complexity index is 1390. The predicted molar refractivity (Wildman–Crippen MR) is 150 cm³/mol. The Morgan fingerprint density at radius 1 is 0.950 bits per heavy atom. The summed E-state index contributed by atoms with van der Waals surface area (Å²) in [5.74, 6) is -2.65. The van der Waals surface area contributed by atoms with E-state index in [1.54, 1.807) is 9.80 Å². The number of anilines is 1. The summed E-state index contributed by atoms with van der Waals surface area (Å²) < 4.78 is 12.5. The standard InChI is InChI=1S/C32H36N2O6/c1-2-31-15-6-9-20-39-30(38)26(31)25-28(36)34(17-7-3-8-19-35)27-29(37)33(18-10-16-32(25,27)40-31)24-14-13-22-11-4-5-12-23(22)21-24/h4-6,10-16,21,25-27,35H,2-3,7-9,17-20H2,1H3/t25-,26-,27?,31+,32-/m0/s1. The molecule has 8 heteroatoms. The first-order chi connectivity index (χ1) is 19.5. The van der Waals surface area contributed by atoms with Crippen LogP contribution in [-0.2, 0) is 23.9 Å². The van der Waals surface area contributed by atoms with Gasteiger partial charge in [0, 0.05) is 25.4 Å². The van der Waals surface area contributed by atoms with Crippen LogP contribution < -0.4 is 4.90 Å². The molecular weight excluding hydrogens is 508 g/mol. The van der Waals surface area contributed by atoms with Gasteiger partial charge in [0.25, 0.3) is 5.91 Å². The lowest BCUT2D eigenvalue weighted by molar-refractivity contribution is -0.160. The molecule has 0 radical (unpaired) electrons. The molecule has 8 nitrogen and oxygen atoms in total. The summed E-state index contributed by atoms with van der Waals surface area (Å²) in [6.07, 6.45) is 10.7. The minimum absolute atomic E-state index is 0.0731. The molecule has 2 aromatic rings. The third-order valence-electron chi connectivity index (χ3n) is 9.00. The second-order valence-electron chi connectivity index (χ2n) is 11.2. The molecule has 4 heterocycles. The van der Waals surface area contributed by atoms with E-state index >= 15 is 0 Å². The summed E-state index contributed by atoms with van der Waals surface area (Å²) in [4.78, 5) is 45.8. The van der Waals surface area contributed by atoms with Crippen molar-refractivity contribution in [3.63, 3.8) is 0 Å². The van der Waals surface area contributed by atoms with Gasteiger partial charge in [0.1, 0.15) is 23.2 Å². The summed E-state index contributed by atoms with van der Waals surface area (Å²) in [6, 6.07) is 13.0. The number of hydrogen-bond acceptors (Lipinski definition) is 6. The molecule has 1 unspecified atom stereocenters. The molecule has 0 bridgehead atoms. The molecule has 4 aliphatic rings. The fraction of sp³-hybridized carbons (Fsp3) is 0.469. The van der Waals surface area contributed by atoms with Crippen molar-refractivity contribution in [3.8, 4) is 0 Å². The first kappa shape index (κ1) is 26.7. The first-order valence-electron chi connectivity index (χ1n) is 14.4. The van der Waals surface area contributed by atoms with Gasteiger partial charge >= 0.3 is 5.97 Å². The van der Waals surface area contributed by atoms with Crippen molar-refractivity contribution in [2.75, 3.05) is 31.2 Å². The molecule has 0 aromatic heterocycles. The summed E-state index contributed by atoms with van der Waals surface area (Å²) in [6.45, 7) is 2.93. The number of nitrogens with zero attached hydrogens (tertiary/aromatic N) is 2. The lowest BCUT2D eigenvalue weighted by Crippen LogP contribution is -2.56. The van der Waals surface area contributed by atoms with Crippen molar-refractivity contribution in [3.05, 3.63) is 66.8 Å². The van der Waals surface area contributed by atoms with E-state index in [1.807, 2.05) is 73.7 Å². The van der Waals surface area contributed by atoms with E-state index in [-0.39, 0.29) is 25.0 Å². The lowest BCUT2D eigenvalue weighted by atomic mass is 9.73. The number of likely N-dealkylation sites (tertiary alicyclic amines) is 1. The van der Waals surface area contributed by atoms with Crippen LogP contribution in [-0.4, -0.2) is 71.3 Å². The van der Waals surface area contributed by atoms with Crippen molar-refractivity contribution < 1.29 is 29.0 Å². The van der Waals surface area contributed by atoms with Crippen molar-refractivity contribution in [1.82, 2.24) is 4.90 Å². The van der Waals surface area contributed by atoms with Crippen LogP contribution in [0.25, 0.3) is 10.8 Å². The molecular formula is C32H36N2O6. The van der Waals surface area contributed by atoms with E-state index in [2.05, 4.69) is 0 Å². The van der Waals surface area contributed by atoms with Gasteiger partial charge in [-0.25, -0.2) is 0 Å². The molecule has 5 atom stereocenters. The van der Waals surface area contributed by atoms with Crippen LogP contribution in [0.4, 0.5) is 5.69 Å². The number of carbonyl (C=O) groups excluding carboxylic acids is 3. The largest absolute Gasteiger partial charge is 0.465 e. The minimum Gasteiger partial charge on any atom is -0.465 e. The van der Waals surface area contributed by atoms with Crippen molar-refractivity contribution in [2.45, 2.75) is 56.3 Å². The quantitative estimate of drug-likeness (QED) is 0.324. The summed E-state index contributed by atoms with van der Waals surface area (Å²) in [5, 5.41) is 11.4. The van der Waals surface area contributed by atoms with Gasteiger partial charge in [0.2, 0.25) is 5.91 Å². The van der Waals surface area contributed by atoms with Crippen LogP contribution >= 0.6 is 0 Å². The summed E-state index contributed by atoms with van der Waals surface area (Å²) in [7, 11) is 0. The number of amides is 2. The molecule has 0 aliphatic carbocycles. The fourth-order valence-corrected chi connectivity index (χ4v) is 7.12. The third-order valence-corrected chi connectivity index (χ3v) is 9.00. The zero-order valence-corrected chi connectivity index (χ0v) is 22.8. The number of unbranched alkanes of at least 4 members (excludes halogenated alkanes) is 2. The smallest absolute Gasteiger partial charge is 0.313 e. The molecule has 4 aliphatic heterocycles. The van der Waals surface area contributed by atoms with Crippen LogP contribution in [0, 0.1) is 11.8 Å². The Labute approximate surface area is 234 Å². The van der Waals surface area contributed by atoms with Crippen LogP contribution in [0.1, 0.15) is 39.0 Å². The summed E-state index contributed by atoms with van der Waals surface area (Å²) >= 11 is 0. The number of esters is 1. The lowest BCUT2D eigenvalue weighted by Gasteiger charge is -2.38. The van der Waals surface area contributed by atoms with Gasteiger partial charge in [-0.15, -0.1) is 0 Å². The number of carbonyl (C=O) groups is 3. The topological polar surface area (TPSA) is 96.4 Å². The van der Waals surface area contributed by atoms with E-state index in [0.717, 1.165) is 22.9 Å². The highest BCUT2D eigenvalue weighted by molar-refractivity contribution is 6.06. The van der Waals surface area contributed by atoms with E-state index < -0.39 is 35.0 Å². The van der Waals surface area contributed by atoms with E-state index in [9.17, 15) is 19.5 Å². The van der Waals surface area contributed by atoms with Gasteiger partial charge in [-0.1, -0.05) is 61.6 Å². The maximum Gasteiger partial charge on any atom is 0.313 e. The molecule has 40 heavy (non-hydrogen) atoms. The number of fused-ring (bicyclic) bond motifs is 3. The van der Waals surface area contributed by atoms with Crippen molar-refractivity contribution in [1.29, 1.82) is 0 Å². The Balaban J connectivity index is 1.45. The fourth-order valence-electron chi connectivity index (χ4n) is 7.12. The molecule has 2 amide bonds. The number of ether oxygens (including phenoxy) is 2. The van der Waals surface area contributed by atoms with E-state index in [1.165, 1.54) is 0 Å². The average Bonchev–Trinajstić information content (AvgIpc) is 3.30. The number of benzene rings is 2. The molecule has 0 saturated carbocycles. The molecule has 1 N–H and O–H groups in total. The zero-order chi connectivity index (χ0) is 27.9. The zero-order valence-electron chi connectivity index (χ0n) is 22.8. The van der Waals surface area contributed by atoms with Crippen molar-refractivity contribution >= 4 is 34.2 Å². The third kappa shape index (κ3) is 4.08. The van der Waals surface area contributed by atoms with Crippen molar-refractivity contribution in [2.24, 2.45) is 11.8 Å². The summed E-state index contributed by atoms with van der Waals surface area (Å²) in [5.41, 5.74) is -1.59. The Morgan fingerprint density at radius 3 is 2.58 bits per heavy atom. The highest BCUT2D eigenvalue weighted by Crippen LogP contribution is 2.58. The maximum atomic E-state index is 14.6. The van der Waals surface area contributed by atoms with Crippen LogP contribution in [0.3, 0.4) is 0 Å². The molecule has 6 rings (SSSR count). The second-order valence-corrected chi connectivity index (χ2v) is 11.2. The monoisotopic (exact) mass is 544 g/mol. The van der Waals surface area contributed by atoms with Gasteiger partial charge < -0.3 is 24.4 Å². The van der Waals surface area contributed by atoms with Gasteiger partial charge in [0.15, 0.2) is 0 Å². The maximum absolute atomic E-state index is 14.6. The predicted octanol–water partition coefficient (Wildman–Crippen LogP) is 3.77. The Hall–Kier alpha value is -3.49. The minimum atomic E-state index is -1.30. The van der Waals surface area contributed by atoms with Gasteiger partial charge in [-0.2, -0.15) is 0 Å². The van der Waals surface area contributed by atoms with E-state index in [4.69, 9.17) is 9.47 Å². The SMILES string of the molecule is CC[C@@]12C=CCCOC(=O)[C@@H]1[C@H]1C(=O)N(CCCCCO)C3C(=O)N(c4ccc5ccccc5c4)CC=C[C@@]31O2. The van der Waals surface area contributed by atoms with Crippen LogP contribution in [0.15, 0.2) is 66.8 Å². The molecule has 2 saturated heterocycles. The molecule has 2 aromatic carbocycles. The second kappa shape index (κ2) is 10.5. The normalized spacial score (nSPS) is 31.4. The highest BCUT2D eigenvalue weighted by atomic mass is 16.6. The van der Waals surface area contributed by atoms with Gasteiger partial charge in [-0.05, 0) is 55.0 Å². The number of rotatable bonds is 7. The number of cyclic esters (lactones) is 1. The average molecular weight is 545 g/mol.